The summed E-state index contributed by atoms with van der Waals surface area (Å²) in [5.74, 6) is -3.06. The zero-order valence-corrected chi connectivity index (χ0v) is 17.1. The van der Waals surface area contributed by atoms with Gasteiger partial charge >= 0.3 is 5.97 Å². The number of carbonyl (C=O) groups is 1. The van der Waals surface area contributed by atoms with Crippen LogP contribution in [0.15, 0.2) is 17.2 Å². The highest BCUT2D eigenvalue weighted by Gasteiger charge is 2.34. The number of nitrogens with zero attached hydrogens (tertiary/aromatic N) is 5. The Morgan fingerprint density at radius 2 is 1.87 bits per heavy atom. The van der Waals surface area contributed by atoms with Crippen LogP contribution in [0.5, 0.6) is 0 Å². The van der Waals surface area contributed by atoms with Crippen molar-refractivity contribution in [1.82, 2.24) is 19.6 Å². The lowest BCUT2D eigenvalue weighted by Gasteiger charge is -2.24. The molecule has 0 radical (unpaired) electrons. The van der Waals surface area contributed by atoms with E-state index in [1.165, 1.54) is 17.7 Å². The minimum atomic E-state index is -1.41. The maximum Gasteiger partial charge on any atom is 0.341 e. The summed E-state index contributed by atoms with van der Waals surface area (Å²) in [5.41, 5.74) is -0.808. The molecule has 1 aromatic carbocycles. The average molecular weight is 429 g/mol. The summed E-state index contributed by atoms with van der Waals surface area (Å²) in [7, 11) is 0. The van der Waals surface area contributed by atoms with E-state index in [4.69, 9.17) is 0 Å². The first kappa shape index (κ1) is 19.7. The van der Waals surface area contributed by atoms with Crippen molar-refractivity contribution in [1.29, 1.82) is 0 Å². The highest BCUT2D eigenvalue weighted by Crippen LogP contribution is 2.41. The van der Waals surface area contributed by atoms with Crippen LogP contribution in [0.4, 0.5) is 14.5 Å². The van der Waals surface area contributed by atoms with Crippen LogP contribution in [0.25, 0.3) is 10.9 Å². The molecule has 8 nitrogen and oxygen atoms in total. The standard InChI is InChI=1S/C21H21F2N5O3/c1-10-7-28(25-24-10)13-5-6-26(8-13)19-16(22)11(2)15-18(17(19)23)27(12-3-4-12)9-14(20(15)29)21(30)31/h7,9,12-13H,3-6,8H2,1-2H3,(H,30,31). The number of aromatic carboxylic acids is 1. The molecule has 162 valence electrons. The first-order valence-corrected chi connectivity index (χ1v) is 10.2. The van der Waals surface area contributed by atoms with Gasteiger partial charge in [0, 0.05) is 37.1 Å². The van der Waals surface area contributed by atoms with Gasteiger partial charge in [-0.05, 0) is 33.1 Å². The van der Waals surface area contributed by atoms with Gasteiger partial charge in [0.15, 0.2) is 11.6 Å². The van der Waals surface area contributed by atoms with Crippen LogP contribution in [-0.4, -0.2) is 43.7 Å². The van der Waals surface area contributed by atoms with Gasteiger partial charge < -0.3 is 14.6 Å². The third kappa shape index (κ3) is 3.00. The number of hydrogen-bond donors (Lipinski definition) is 1. The van der Waals surface area contributed by atoms with Crippen LogP contribution in [0, 0.1) is 25.5 Å². The largest absolute Gasteiger partial charge is 0.477 e. The van der Waals surface area contributed by atoms with E-state index in [1.54, 1.807) is 15.8 Å². The Kier molecular flexibility index (Phi) is 4.35. The van der Waals surface area contributed by atoms with Gasteiger partial charge in [-0.15, -0.1) is 5.10 Å². The molecule has 0 bridgehead atoms. The summed E-state index contributed by atoms with van der Waals surface area (Å²) in [6, 6.07) is -0.172. The molecular formula is C21H21F2N5O3. The lowest BCUT2D eigenvalue weighted by molar-refractivity contribution is 0.0695. The molecule has 5 rings (SSSR count). The van der Waals surface area contributed by atoms with Crippen molar-refractivity contribution >= 4 is 22.6 Å². The molecule has 0 spiro atoms. The molecule has 0 amide bonds. The molecule has 1 saturated carbocycles. The number of hydrogen-bond acceptors (Lipinski definition) is 5. The fourth-order valence-electron chi connectivity index (χ4n) is 4.48. The maximum atomic E-state index is 15.8. The van der Waals surface area contributed by atoms with Gasteiger partial charge in [-0.2, -0.15) is 0 Å². The van der Waals surface area contributed by atoms with Crippen molar-refractivity contribution in [3.63, 3.8) is 0 Å². The van der Waals surface area contributed by atoms with Crippen molar-refractivity contribution in [3.8, 4) is 0 Å². The topological polar surface area (TPSA) is 93.2 Å². The summed E-state index contributed by atoms with van der Waals surface area (Å²) in [4.78, 5) is 26.0. The van der Waals surface area contributed by atoms with Crippen LogP contribution >= 0.6 is 0 Å². The number of aromatic nitrogens is 4. The summed E-state index contributed by atoms with van der Waals surface area (Å²) in [5, 5.41) is 17.3. The second kappa shape index (κ2) is 6.86. The van der Waals surface area contributed by atoms with Crippen LogP contribution in [0.2, 0.25) is 0 Å². The summed E-state index contributed by atoms with van der Waals surface area (Å²) in [6.07, 6.45) is 5.13. The van der Waals surface area contributed by atoms with Gasteiger partial charge in [0.1, 0.15) is 11.3 Å². The quantitative estimate of drug-likeness (QED) is 0.686. The van der Waals surface area contributed by atoms with Crippen molar-refractivity contribution < 1.29 is 18.7 Å². The maximum absolute atomic E-state index is 15.8. The number of fused-ring (bicyclic) bond motifs is 1. The van der Waals surface area contributed by atoms with E-state index >= 15 is 8.78 Å². The van der Waals surface area contributed by atoms with Gasteiger partial charge in [-0.3, -0.25) is 4.79 Å². The molecule has 1 aliphatic heterocycles. The van der Waals surface area contributed by atoms with E-state index in [-0.39, 0.29) is 34.2 Å². The fourth-order valence-corrected chi connectivity index (χ4v) is 4.48. The Morgan fingerprint density at radius 1 is 1.13 bits per heavy atom. The van der Waals surface area contributed by atoms with Gasteiger partial charge in [0.2, 0.25) is 5.43 Å². The molecule has 2 aromatic heterocycles. The minimum absolute atomic E-state index is 0.0218. The number of benzene rings is 1. The van der Waals surface area contributed by atoms with Gasteiger partial charge in [0.25, 0.3) is 0 Å². The molecule has 3 aromatic rings. The van der Waals surface area contributed by atoms with Crippen LogP contribution in [0.1, 0.15) is 53.0 Å². The second-order valence-electron chi connectivity index (χ2n) is 8.37. The highest BCUT2D eigenvalue weighted by atomic mass is 19.1. The normalized spacial score (nSPS) is 18.8. The Morgan fingerprint density at radius 3 is 2.48 bits per heavy atom. The van der Waals surface area contributed by atoms with Crippen LogP contribution < -0.4 is 10.3 Å². The lowest BCUT2D eigenvalue weighted by Crippen LogP contribution is -2.26. The molecule has 10 heteroatoms. The first-order valence-electron chi connectivity index (χ1n) is 10.2. The predicted octanol–water partition coefficient (Wildman–Crippen LogP) is 2.97. The summed E-state index contributed by atoms with van der Waals surface area (Å²) >= 11 is 0. The third-order valence-electron chi connectivity index (χ3n) is 6.21. The molecular weight excluding hydrogens is 408 g/mol. The van der Waals surface area contributed by atoms with Gasteiger partial charge in [-0.1, -0.05) is 5.21 Å². The van der Waals surface area contributed by atoms with E-state index in [2.05, 4.69) is 10.3 Å². The SMILES string of the molecule is Cc1cn(C2CCN(c3c(F)c(C)c4c(=O)c(C(=O)O)cn(C5CC5)c4c3F)C2)nn1. The zero-order valence-electron chi connectivity index (χ0n) is 17.1. The molecule has 2 fully saturated rings. The van der Waals surface area contributed by atoms with Crippen molar-refractivity contribution in [2.45, 2.75) is 45.2 Å². The van der Waals surface area contributed by atoms with Crippen LogP contribution in [-0.2, 0) is 0 Å². The second-order valence-corrected chi connectivity index (χ2v) is 8.37. The molecule has 1 unspecified atom stereocenters. The molecule has 3 heterocycles. The number of carboxylic acids is 1. The number of aryl methyl sites for hydroxylation is 2. The molecule has 1 N–H and O–H groups in total. The minimum Gasteiger partial charge on any atom is -0.477 e. The molecule has 1 aliphatic carbocycles. The van der Waals surface area contributed by atoms with E-state index in [9.17, 15) is 14.7 Å². The zero-order chi connectivity index (χ0) is 22.0. The third-order valence-corrected chi connectivity index (χ3v) is 6.21. The lowest BCUT2D eigenvalue weighted by atomic mass is 10.0. The summed E-state index contributed by atoms with van der Waals surface area (Å²) in [6.45, 7) is 4.00. The Bertz CT molecular complexity index is 1290. The Balaban J connectivity index is 1.68. The summed E-state index contributed by atoms with van der Waals surface area (Å²) < 4.78 is 34.5. The van der Waals surface area contributed by atoms with Crippen LogP contribution in [0.3, 0.4) is 0 Å². The average Bonchev–Trinajstić information content (AvgIpc) is 3.30. The smallest absolute Gasteiger partial charge is 0.341 e. The van der Waals surface area contributed by atoms with Crippen molar-refractivity contribution in [2.75, 3.05) is 18.0 Å². The Labute approximate surface area is 175 Å². The van der Waals surface area contributed by atoms with Crippen molar-refractivity contribution in [3.05, 3.63) is 51.1 Å². The van der Waals surface area contributed by atoms with Crippen molar-refractivity contribution in [2.24, 2.45) is 0 Å². The van der Waals surface area contributed by atoms with E-state index in [1.807, 2.05) is 6.92 Å². The fraction of sp³-hybridized carbons (Fsp3) is 0.429. The van der Waals surface area contributed by atoms with E-state index in [0.717, 1.165) is 18.5 Å². The van der Waals surface area contributed by atoms with Gasteiger partial charge in [-0.25, -0.2) is 18.3 Å². The van der Waals surface area contributed by atoms with Gasteiger partial charge in [0.05, 0.1) is 22.6 Å². The van der Waals surface area contributed by atoms with E-state index in [0.29, 0.717) is 19.5 Å². The predicted molar refractivity (Wildman–Crippen MR) is 109 cm³/mol. The molecule has 1 saturated heterocycles. The molecule has 1 atom stereocenters. The Hall–Kier alpha value is -3.30. The number of carboxylic acid groups (broad SMARTS) is 1. The number of rotatable bonds is 4. The monoisotopic (exact) mass is 429 g/mol. The highest BCUT2D eigenvalue weighted by molar-refractivity contribution is 5.95. The van der Waals surface area contributed by atoms with E-state index < -0.39 is 28.6 Å². The number of halogens is 2. The number of pyridine rings is 1. The number of anilines is 1. The molecule has 31 heavy (non-hydrogen) atoms. The molecule has 2 aliphatic rings. The first-order chi connectivity index (χ1) is 14.8.